The SMILES string of the molecule is Cc1cc(C(=O)C(=O)N2CCN(C(=O)c3ccccc3)CC2C)ccc1-c1ccn[nH]1. The average molecular weight is 416 g/mol. The number of nitrogens with one attached hydrogen (secondary N) is 1. The van der Waals surface area contributed by atoms with Crippen molar-refractivity contribution in [2.45, 2.75) is 19.9 Å². The summed E-state index contributed by atoms with van der Waals surface area (Å²) in [7, 11) is 0. The lowest BCUT2D eigenvalue weighted by Gasteiger charge is -2.39. The van der Waals surface area contributed by atoms with Gasteiger partial charge >= 0.3 is 0 Å². The minimum Gasteiger partial charge on any atom is -0.335 e. The lowest BCUT2D eigenvalue weighted by molar-refractivity contribution is -0.130. The maximum absolute atomic E-state index is 12.9. The van der Waals surface area contributed by atoms with E-state index in [0.29, 0.717) is 30.8 Å². The summed E-state index contributed by atoms with van der Waals surface area (Å²) in [4.78, 5) is 41.8. The molecule has 1 aromatic heterocycles. The normalized spacial score (nSPS) is 16.3. The van der Waals surface area contributed by atoms with Crippen LogP contribution in [-0.4, -0.2) is 63.3 Å². The van der Waals surface area contributed by atoms with Crippen molar-refractivity contribution < 1.29 is 14.4 Å². The fourth-order valence-corrected chi connectivity index (χ4v) is 3.97. The number of hydrogen-bond donors (Lipinski definition) is 1. The van der Waals surface area contributed by atoms with E-state index >= 15 is 0 Å². The van der Waals surface area contributed by atoms with Gasteiger partial charge in [0.25, 0.3) is 11.8 Å². The molecule has 1 N–H and O–H groups in total. The number of Topliss-reactive ketones (excluding diaryl/α,β-unsaturated/α-hetero) is 1. The molecular weight excluding hydrogens is 392 g/mol. The molecule has 31 heavy (non-hydrogen) atoms. The van der Waals surface area contributed by atoms with Gasteiger partial charge in [0.15, 0.2) is 0 Å². The Morgan fingerprint density at radius 2 is 1.77 bits per heavy atom. The van der Waals surface area contributed by atoms with E-state index in [-0.39, 0.29) is 11.9 Å². The molecule has 158 valence electrons. The summed E-state index contributed by atoms with van der Waals surface area (Å²) in [5.41, 5.74) is 3.66. The van der Waals surface area contributed by atoms with Gasteiger partial charge in [0.05, 0.1) is 5.69 Å². The van der Waals surface area contributed by atoms with Crippen molar-refractivity contribution in [3.8, 4) is 11.3 Å². The molecule has 1 unspecified atom stereocenters. The van der Waals surface area contributed by atoms with E-state index in [0.717, 1.165) is 16.8 Å². The van der Waals surface area contributed by atoms with E-state index in [4.69, 9.17) is 0 Å². The van der Waals surface area contributed by atoms with Crippen LogP contribution in [0.2, 0.25) is 0 Å². The number of ketones is 1. The molecule has 1 aliphatic heterocycles. The van der Waals surface area contributed by atoms with Gasteiger partial charge in [0, 0.05) is 48.6 Å². The summed E-state index contributed by atoms with van der Waals surface area (Å²) in [6.45, 7) is 4.88. The smallest absolute Gasteiger partial charge is 0.295 e. The van der Waals surface area contributed by atoms with Gasteiger partial charge in [0.2, 0.25) is 5.78 Å². The number of H-pyrrole nitrogens is 1. The minimum atomic E-state index is -0.534. The maximum Gasteiger partial charge on any atom is 0.295 e. The van der Waals surface area contributed by atoms with Crippen LogP contribution in [0.25, 0.3) is 11.3 Å². The molecule has 2 heterocycles. The molecule has 7 heteroatoms. The number of rotatable bonds is 4. The first-order chi connectivity index (χ1) is 15.0. The third kappa shape index (κ3) is 4.12. The lowest BCUT2D eigenvalue weighted by Crippen LogP contribution is -2.56. The molecule has 4 rings (SSSR count). The highest BCUT2D eigenvalue weighted by molar-refractivity contribution is 6.42. The second-order valence-electron chi connectivity index (χ2n) is 7.79. The van der Waals surface area contributed by atoms with Crippen LogP contribution in [0.3, 0.4) is 0 Å². The molecule has 2 amide bonds. The van der Waals surface area contributed by atoms with E-state index in [1.165, 1.54) is 0 Å². The highest BCUT2D eigenvalue weighted by atomic mass is 16.2. The molecule has 1 fully saturated rings. The highest BCUT2D eigenvalue weighted by Gasteiger charge is 2.33. The molecule has 0 bridgehead atoms. The van der Waals surface area contributed by atoms with Crippen molar-refractivity contribution >= 4 is 17.6 Å². The summed E-state index contributed by atoms with van der Waals surface area (Å²) >= 11 is 0. The van der Waals surface area contributed by atoms with Crippen LogP contribution in [0.1, 0.15) is 33.2 Å². The zero-order valence-corrected chi connectivity index (χ0v) is 17.5. The number of piperazine rings is 1. The minimum absolute atomic E-state index is 0.0594. The van der Waals surface area contributed by atoms with Gasteiger partial charge in [-0.15, -0.1) is 0 Å². The van der Waals surface area contributed by atoms with Gasteiger partial charge in [-0.25, -0.2) is 0 Å². The molecule has 0 aliphatic carbocycles. The van der Waals surface area contributed by atoms with Crippen molar-refractivity contribution in [3.05, 3.63) is 77.5 Å². The Kier molecular flexibility index (Phi) is 5.66. The highest BCUT2D eigenvalue weighted by Crippen LogP contribution is 2.23. The van der Waals surface area contributed by atoms with Crippen molar-refractivity contribution in [2.24, 2.45) is 0 Å². The first-order valence-electron chi connectivity index (χ1n) is 10.3. The number of carbonyl (C=O) groups is 3. The largest absolute Gasteiger partial charge is 0.335 e. The van der Waals surface area contributed by atoms with Gasteiger partial charge < -0.3 is 9.80 Å². The van der Waals surface area contributed by atoms with Crippen LogP contribution < -0.4 is 0 Å². The number of hydrogen-bond acceptors (Lipinski definition) is 4. The molecule has 1 aliphatic rings. The summed E-state index contributed by atoms with van der Waals surface area (Å²) < 4.78 is 0. The summed E-state index contributed by atoms with van der Waals surface area (Å²) in [6, 6.07) is 15.9. The van der Waals surface area contributed by atoms with Crippen LogP contribution in [-0.2, 0) is 4.79 Å². The Morgan fingerprint density at radius 1 is 1.00 bits per heavy atom. The molecule has 0 radical (unpaired) electrons. The number of carbonyl (C=O) groups excluding carboxylic acids is 3. The number of nitrogens with zero attached hydrogens (tertiary/aromatic N) is 3. The first kappa shape index (κ1) is 20.5. The third-order valence-electron chi connectivity index (χ3n) is 5.67. The summed E-state index contributed by atoms with van der Waals surface area (Å²) in [6.07, 6.45) is 1.67. The Hall–Kier alpha value is -3.74. The van der Waals surface area contributed by atoms with Crippen molar-refractivity contribution in [3.63, 3.8) is 0 Å². The summed E-state index contributed by atoms with van der Waals surface area (Å²) in [5, 5.41) is 6.86. The monoisotopic (exact) mass is 416 g/mol. The Balaban J connectivity index is 1.44. The van der Waals surface area contributed by atoms with Crippen LogP contribution in [0.15, 0.2) is 60.8 Å². The van der Waals surface area contributed by atoms with Crippen LogP contribution in [0.4, 0.5) is 0 Å². The number of aromatic nitrogens is 2. The van der Waals surface area contributed by atoms with Crippen molar-refractivity contribution in [1.29, 1.82) is 0 Å². The zero-order chi connectivity index (χ0) is 22.0. The van der Waals surface area contributed by atoms with E-state index in [1.54, 1.807) is 40.3 Å². The van der Waals surface area contributed by atoms with Crippen LogP contribution in [0, 0.1) is 6.92 Å². The average Bonchev–Trinajstić information content (AvgIpc) is 3.32. The number of benzene rings is 2. The zero-order valence-electron chi connectivity index (χ0n) is 17.5. The Labute approximate surface area is 180 Å². The molecule has 7 nitrogen and oxygen atoms in total. The van der Waals surface area contributed by atoms with Gasteiger partial charge in [-0.3, -0.25) is 19.5 Å². The third-order valence-corrected chi connectivity index (χ3v) is 5.67. The fourth-order valence-electron chi connectivity index (χ4n) is 3.97. The molecular formula is C24H24N4O3. The van der Waals surface area contributed by atoms with Crippen LogP contribution >= 0.6 is 0 Å². The predicted octanol–water partition coefficient (Wildman–Crippen LogP) is 2.94. The Bertz CT molecular complexity index is 1110. The van der Waals surface area contributed by atoms with Gasteiger partial charge in [-0.2, -0.15) is 5.10 Å². The van der Waals surface area contributed by atoms with Crippen LogP contribution in [0.5, 0.6) is 0 Å². The molecule has 0 spiro atoms. The summed E-state index contributed by atoms with van der Waals surface area (Å²) in [5.74, 6) is -1.13. The van der Waals surface area contributed by atoms with E-state index in [9.17, 15) is 14.4 Å². The van der Waals surface area contributed by atoms with Crippen molar-refractivity contribution in [2.75, 3.05) is 19.6 Å². The number of aryl methyl sites for hydroxylation is 1. The van der Waals surface area contributed by atoms with Crippen molar-refractivity contribution in [1.82, 2.24) is 20.0 Å². The number of amides is 2. The topological polar surface area (TPSA) is 86.4 Å². The molecule has 3 aromatic rings. The maximum atomic E-state index is 12.9. The number of aromatic amines is 1. The quantitative estimate of drug-likeness (QED) is 0.523. The molecule has 0 saturated carbocycles. The predicted molar refractivity (Wildman–Crippen MR) is 117 cm³/mol. The fraction of sp³-hybridized carbons (Fsp3) is 0.250. The van der Waals surface area contributed by atoms with E-state index in [2.05, 4.69) is 10.2 Å². The van der Waals surface area contributed by atoms with E-state index < -0.39 is 11.7 Å². The molecule has 1 saturated heterocycles. The molecule has 2 aromatic carbocycles. The van der Waals surface area contributed by atoms with Gasteiger partial charge in [-0.1, -0.05) is 30.3 Å². The molecule has 1 atom stereocenters. The first-order valence-corrected chi connectivity index (χ1v) is 10.3. The second kappa shape index (κ2) is 8.55. The van der Waals surface area contributed by atoms with E-state index in [1.807, 2.05) is 44.2 Å². The Morgan fingerprint density at radius 3 is 2.42 bits per heavy atom. The van der Waals surface area contributed by atoms with Gasteiger partial charge in [0.1, 0.15) is 0 Å². The van der Waals surface area contributed by atoms with Gasteiger partial charge in [-0.05, 0) is 43.7 Å². The lowest BCUT2D eigenvalue weighted by atomic mass is 9.99. The second-order valence-corrected chi connectivity index (χ2v) is 7.79. The standard InChI is InChI=1S/C24H24N4O3/c1-16-14-19(8-9-20(16)21-10-11-25-26-21)22(29)24(31)28-13-12-27(15-17(28)2)23(30)18-6-4-3-5-7-18/h3-11,14,17H,12-13,15H2,1-2H3,(H,25,26).